The second kappa shape index (κ2) is 7.45. The molecule has 0 aliphatic carbocycles. The number of hydrogen-bond acceptors (Lipinski definition) is 4. The van der Waals surface area contributed by atoms with E-state index in [1.165, 1.54) is 0 Å². The molecule has 17 heavy (non-hydrogen) atoms. The molecule has 1 aromatic heterocycles. The molecule has 0 saturated carbocycles. The molecule has 94 valence electrons. The molecule has 0 aromatic carbocycles. The normalized spacial score (nSPS) is 10.0. The van der Waals surface area contributed by atoms with Crippen molar-refractivity contribution in [1.82, 2.24) is 5.32 Å². The van der Waals surface area contributed by atoms with E-state index in [1.54, 1.807) is 18.3 Å². The maximum absolute atomic E-state index is 11.4. The van der Waals surface area contributed by atoms with Gasteiger partial charge in [0.1, 0.15) is 0 Å². The first-order valence-corrected chi connectivity index (χ1v) is 6.95. The van der Waals surface area contributed by atoms with E-state index in [1.807, 2.05) is 11.4 Å². The molecule has 1 amide bonds. The number of esters is 1. The van der Waals surface area contributed by atoms with Crippen LogP contribution in [0.4, 0.5) is 0 Å². The van der Waals surface area contributed by atoms with Gasteiger partial charge in [-0.15, -0.1) is 11.3 Å². The number of thiophene rings is 1. The van der Waals surface area contributed by atoms with Gasteiger partial charge in [0.05, 0.1) is 19.6 Å². The van der Waals surface area contributed by atoms with Crippen LogP contribution >= 0.6 is 27.3 Å². The predicted octanol–water partition coefficient (Wildman–Crippen LogP) is 2.47. The highest BCUT2D eigenvalue weighted by molar-refractivity contribution is 9.10. The fraction of sp³-hybridized carbons (Fsp3) is 0.455. The molecule has 0 spiro atoms. The number of rotatable bonds is 6. The zero-order chi connectivity index (χ0) is 12.7. The molecule has 4 nitrogen and oxygen atoms in total. The summed E-state index contributed by atoms with van der Waals surface area (Å²) < 4.78 is 5.73. The first kappa shape index (κ1) is 14.2. The number of carbonyl (C=O) groups is 2. The average Bonchev–Trinajstić information content (AvgIpc) is 2.70. The molecular weight excluding hydrogens is 306 g/mol. The lowest BCUT2D eigenvalue weighted by Gasteiger charge is -2.04. The van der Waals surface area contributed by atoms with Crippen LogP contribution in [-0.2, 0) is 20.9 Å². The summed E-state index contributed by atoms with van der Waals surface area (Å²) in [6.07, 6.45) is 0.299. The van der Waals surface area contributed by atoms with Crippen LogP contribution in [0.3, 0.4) is 0 Å². The topological polar surface area (TPSA) is 55.4 Å². The van der Waals surface area contributed by atoms with Crippen LogP contribution in [0.15, 0.2) is 15.9 Å². The third-order valence-corrected chi connectivity index (χ3v) is 3.93. The third kappa shape index (κ3) is 5.32. The predicted molar refractivity (Wildman–Crippen MR) is 69.7 cm³/mol. The number of ether oxygens (including phenoxy) is 1. The maximum atomic E-state index is 11.4. The number of hydrogen-bond donors (Lipinski definition) is 1. The zero-order valence-electron chi connectivity index (χ0n) is 9.49. The van der Waals surface area contributed by atoms with Crippen molar-refractivity contribution in [1.29, 1.82) is 0 Å². The summed E-state index contributed by atoms with van der Waals surface area (Å²) in [7, 11) is 0. The molecule has 0 atom stereocenters. The molecule has 6 heteroatoms. The van der Waals surface area contributed by atoms with Crippen LogP contribution in [0.5, 0.6) is 0 Å². The second-order valence-corrected chi connectivity index (χ2v) is 5.13. The smallest absolute Gasteiger partial charge is 0.306 e. The van der Waals surface area contributed by atoms with Gasteiger partial charge in [-0.05, 0) is 34.3 Å². The van der Waals surface area contributed by atoms with Crippen LogP contribution in [0.25, 0.3) is 0 Å². The largest absolute Gasteiger partial charge is 0.466 e. The monoisotopic (exact) mass is 319 g/mol. The molecule has 1 rings (SSSR count). The Morgan fingerprint density at radius 3 is 2.82 bits per heavy atom. The van der Waals surface area contributed by atoms with Gasteiger partial charge >= 0.3 is 5.97 Å². The number of nitrogens with one attached hydrogen (secondary N) is 1. The summed E-state index contributed by atoms with van der Waals surface area (Å²) in [5.41, 5.74) is 0. The van der Waals surface area contributed by atoms with E-state index in [9.17, 15) is 9.59 Å². The third-order valence-electron chi connectivity index (χ3n) is 2.00. The lowest BCUT2D eigenvalue weighted by molar-refractivity contribution is -0.144. The van der Waals surface area contributed by atoms with Gasteiger partial charge in [0.15, 0.2) is 0 Å². The Labute approximate surface area is 112 Å². The summed E-state index contributed by atoms with van der Waals surface area (Å²) in [6.45, 7) is 2.58. The molecule has 0 unspecified atom stereocenters. The highest BCUT2D eigenvalue weighted by Crippen LogP contribution is 2.22. The maximum Gasteiger partial charge on any atom is 0.306 e. The Balaban J connectivity index is 2.22. The lowest BCUT2D eigenvalue weighted by atomic mass is 10.3. The Morgan fingerprint density at radius 1 is 1.47 bits per heavy atom. The van der Waals surface area contributed by atoms with Crippen molar-refractivity contribution in [2.75, 3.05) is 6.61 Å². The number of amides is 1. The SMILES string of the molecule is CCOC(=O)CCC(=O)NCc1sccc1Br. The van der Waals surface area contributed by atoms with Crippen LogP contribution in [-0.4, -0.2) is 18.5 Å². The number of carbonyl (C=O) groups excluding carboxylic acids is 2. The van der Waals surface area contributed by atoms with Crippen LogP contribution in [0.2, 0.25) is 0 Å². The van der Waals surface area contributed by atoms with Crippen LogP contribution in [0, 0.1) is 0 Å². The quantitative estimate of drug-likeness (QED) is 0.819. The van der Waals surface area contributed by atoms with E-state index in [0.29, 0.717) is 13.2 Å². The summed E-state index contributed by atoms with van der Waals surface area (Å²) in [5.74, 6) is -0.474. The lowest BCUT2D eigenvalue weighted by Crippen LogP contribution is -2.23. The fourth-order valence-electron chi connectivity index (χ4n) is 1.17. The van der Waals surface area contributed by atoms with E-state index < -0.39 is 0 Å². The molecule has 0 aliphatic rings. The molecule has 0 aliphatic heterocycles. The molecule has 1 N–H and O–H groups in total. The molecule has 0 bridgehead atoms. The van der Waals surface area contributed by atoms with Crippen molar-refractivity contribution >= 4 is 39.1 Å². The fourth-order valence-corrected chi connectivity index (χ4v) is 2.60. The van der Waals surface area contributed by atoms with Gasteiger partial charge in [0.25, 0.3) is 0 Å². The molecule has 0 radical (unpaired) electrons. The van der Waals surface area contributed by atoms with E-state index in [0.717, 1.165) is 9.35 Å². The van der Waals surface area contributed by atoms with Crippen molar-refractivity contribution in [2.45, 2.75) is 26.3 Å². The zero-order valence-corrected chi connectivity index (χ0v) is 11.9. The van der Waals surface area contributed by atoms with Gasteiger partial charge < -0.3 is 10.1 Å². The summed E-state index contributed by atoms with van der Waals surface area (Å²) in [4.78, 5) is 23.5. The van der Waals surface area contributed by atoms with Crippen molar-refractivity contribution in [3.8, 4) is 0 Å². The van der Waals surface area contributed by atoms with Gasteiger partial charge in [0, 0.05) is 15.8 Å². The van der Waals surface area contributed by atoms with Crippen LogP contribution in [0.1, 0.15) is 24.6 Å². The van der Waals surface area contributed by atoms with E-state index in [4.69, 9.17) is 4.74 Å². The van der Waals surface area contributed by atoms with E-state index >= 15 is 0 Å². The highest BCUT2D eigenvalue weighted by Gasteiger charge is 2.08. The molecule has 1 heterocycles. The molecule has 0 saturated heterocycles. The molecule has 1 aromatic rings. The minimum atomic E-state index is -0.333. The Kier molecular flexibility index (Phi) is 6.21. The van der Waals surface area contributed by atoms with Gasteiger partial charge in [-0.1, -0.05) is 0 Å². The summed E-state index contributed by atoms with van der Waals surface area (Å²) in [5, 5.41) is 4.71. The Hall–Kier alpha value is -0.880. The van der Waals surface area contributed by atoms with Gasteiger partial charge in [0.2, 0.25) is 5.91 Å². The van der Waals surface area contributed by atoms with Crippen molar-refractivity contribution in [2.24, 2.45) is 0 Å². The van der Waals surface area contributed by atoms with Crippen molar-refractivity contribution in [3.63, 3.8) is 0 Å². The highest BCUT2D eigenvalue weighted by atomic mass is 79.9. The van der Waals surface area contributed by atoms with E-state index in [-0.39, 0.29) is 24.7 Å². The first-order chi connectivity index (χ1) is 8.13. The average molecular weight is 320 g/mol. The first-order valence-electron chi connectivity index (χ1n) is 5.27. The van der Waals surface area contributed by atoms with Crippen LogP contribution < -0.4 is 5.32 Å². The second-order valence-electron chi connectivity index (χ2n) is 3.27. The molecular formula is C11H14BrNO3S. The minimum Gasteiger partial charge on any atom is -0.466 e. The summed E-state index contributed by atoms with van der Waals surface area (Å²) in [6, 6.07) is 1.94. The Bertz CT molecular complexity index is 392. The van der Waals surface area contributed by atoms with E-state index in [2.05, 4.69) is 21.2 Å². The standard InChI is InChI=1S/C11H14BrNO3S/c1-2-16-11(15)4-3-10(14)13-7-9-8(12)5-6-17-9/h5-6H,2-4,7H2,1H3,(H,13,14). The van der Waals surface area contributed by atoms with Gasteiger partial charge in [-0.25, -0.2) is 0 Å². The summed E-state index contributed by atoms with van der Waals surface area (Å²) >= 11 is 4.95. The number of halogens is 1. The molecule has 0 fully saturated rings. The minimum absolute atomic E-state index is 0.130. The Morgan fingerprint density at radius 2 is 2.24 bits per heavy atom. The van der Waals surface area contributed by atoms with Gasteiger partial charge in [-0.3, -0.25) is 9.59 Å². The van der Waals surface area contributed by atoms with Crippen molar-refractivity contribution < 1.29 is 14.3 Å². The van der Waals surface area contributed by atoms with Gasteiger partial charge in [-0.2, -0.15) is 0 Å². The van der Waals surface area contributed by atoms with Crippen molar-refractivity contribution in [3.05, 3.63) is 20.8 Å².